The van der Waals surface area contributed by atoms with Crippen LogP contribution in [0.25, 0.3) is 0 Å². The molecule has 0 aliphatic carbocycles. The van der Waals surface area contributed by atoms with Gasteiger partial charge in [-0.2, -0.15) is 0 Å². The molecule has 1 rings (SSSR count). The second kappa shape index (κ2) is 3.17. The molecule has 11 heavy (non-hydrogen) atoms. The molecule has 1 heterocycles. The lowest BCUT2D eigenvalue weighted by molar-refractivity contribution is -0.277. The summed E-state index contributed by atoms with van der Waals surface area (Å²) in [7, 11) is 0. The molecule has 1 aliphatic heterocycles. The summed E-state index contributed by atoms with van der Waals surface area (Å²) in [6, 6.07) is 0. The highest BCUT2D eigenvalue weighted by molar-refractivity contribution is 8.01. The zero-order chi connectivity index (χ0) is 8.48. The van der Waals surface area contributed by atoms with Gasteiger partial charge in [0, 0.05) is 5.75 Å². The Kier molecular flexibility index (Phi) is 2.62. The first-order valence-corrected chi connectivity index (χ1v) is 4.76. The van der Waals surface area contributed by atoms with Gasteiger partial charge in [0.25, 0.3) is 0 Å². The van der Waals surface area contributed by atoms with Crippen molar-refractivity contribution in [1.82, 2.24) is 0 Å². The van der Waals surface area contributed by atoms with Gasteiger partial charge in [-0.25, -0.2) is 4.89 Å². The van der Waals surface area contributed by atoms with E-state index in [2.05, 4.69) is 24.8 Å². The van der Waals surface area contributed by atoms with Gasteiger partial charge in [0.05, 0.1) is 0 Å². The van der Waals surface area contributed by atoms with Crippen LogP contribution in [0, 0.1) is 5.92 Å². The van der Waals surface area contributed by atoms with Crippen LogP contribution in [0.5, 0.6) is 0 Å². The molecule has 1 atom stereocenters. The Hall–Kier alpha value is 0.01000. The van der Waals surface area contributed by atoms with Crippen molar-refractivity contribution in [3.63, 3.8) is 0 Å². The Labute approximate surface area is 71.6 Å². The molecule has 0 spiro atoms. The molecule has 2 nitrogen and oxygen atoms in total. The fraction of sp³-hybridized carbons (Fsp3) is 0.750. The highest BCUT2D eigenvalue weighted by atomic mass is 32.2. The van der Waals surface area contributed by atoms with Crippen LogP contribution in [0.4, 0.5) is 0 Å². The fourth-order valence-electron chi connectivity index (χ4n) is 1.40. The molecular weight excluding hydrogens is 160 g/mol. The minimum atomic E-state index is -0.492. The molecule has 0 bridgehead atoms. The van der Waals surface area contributed by atoms with Crippen LogP contribution in [-0.2, 0) is 4.89 Å². The average Bonchev–Trinajstić information content (AvgIpc) is 2.32. The lowest BCUT2D eigenvalue weighted by atomic mass is 9.98. The summed E-state index contributed by atoms with van der Waals surface area (Å²) in [6.45, 7) is 6.11. The maximum Gasteiger partial charge on any atom is 0.167 e. The van der Waals surface area contributed by atoms with E-state index >= 15 is 0 Å². The van der Waals surface area contributed by atoms with Gasteiger partial charge in [0.15, 0.2) is 4.93 Å². The summed E-state index contributed by atoms with van der Waals surface area (Å²) in [6.07, 6.45) is 2.13. The van der Waals surface area contributed by atoms with Crippen LogP contribution in [0.2, 0.25) is 0 Å². The van der Waals surface area contributed by atoms with Crippen LogP contribution in [0.15, 0.2) is 11.6 Å². The normalized spacial score (nSPS) is 31.2. The minimum Gasteiger partial charge on any atom is -0.250 e. The smallest absolute Gasteiger partial charge is 0.167 e. The molecule has 0 aromatic heterocycles. The van der Waals surface area contributed by atoms with Crippen molar-refractivity contribution in [3.8, 4) is 0 Å². The molecule has 0 radical (unpaired) electrons. The molecule has 0 aromatic carbocycles. The summed E-state index contributed by atoms with van der Waals surface area (Å²) in [5, 5.41) is 8.68. The summed E-state index contributed by atoms with van der Waals surface area (Å²) in [5.41, 5.74) is 1.19. The van der Waals surface area contributed by atoms with Crippen molar-refractivity contribution in [1.29, 1.82) is 0 Å². The van der Waals surface area contributed by atoms with Gasteiger partial charge in [-0.3, -0.25) is 5.26 Å². The van der Waals surface area contributed by atoms with Gasteiger partial charge >= 0.3 is 0 Å². The molecule has 1 N–H and O–H groups in total. The Balaban J connectivity index is 2.77. The van der Waals surface area contributed by atoms with Crippen LogP contribution < -0.4 is 0 Å². The van der Waals surface area contributed by atoms with Crippen molar-refractivity contribution < 1.29 is 10.1 Å². The van der Waals surface area contributed by atoms with E-state index in [0.717, 1.165) is 5.75 Å². The van der Waals surface area contributed by atoms with E-state index in [1.165, 1.54) is 5.57 Å². The third-order valence-corrected chi connectivity index (χ3v) is 3.18. The minimum absolute atomic E-state index is 0.446. The number of hydrogen-bond acceptors (Lipinski definition) is 3. The van der Waals surface area contributed by atoms with Gasteiger partial charge < -0.3 is 0 Å². The largest absolute Gasteiger partial charge is 0.250 e. The Morgan fingerprint density at radius 3 is 2.73 bits per heavy atom. The fourth-order valence-corrected chi connectivity index (χ4v) is 2.52. The monoisotopic (exact) mass is 174 g/mol. The van der Waals surface area contributed by atoms with Crippen molar-refractivity contribution in [2.24, 2.45) is 5.92 Å². The molecule has 0 saturated heterocycles. The number of thioether (sulfide) groups is 1. The first kappa shape index (κ1) is 9.10. The molecular formula is C8H14O2S. The summed E-state index contributed by atoms with van der Waals surface area (Å²) >= 11 is 1.62. The maximum atomic E-state index is 8.68. The van der Waals surface area contributed by atoms with E-state index < -0.39 is 4.93 Å². The highest BCUT2D eigenvalue weighted by Gasteiger charge is 2.36. The van der Waals surface area contributed by atoms with E-state index in [4.69, 9.17) is 5.26 Å². The van der Waals surface area contributed by atoms with Crippen molar-refractivity contribution in [2.75, 3.05) is 5.75 Å². The van der Waals surface area contributed by atoms with Crippen molar-refractivity contribution >= 4 is 11.8 Å². The predicted octanol–water partition coefficient (Wildman–Crippen LogP) is 2.52. The quantitative estimate of drug-likeness (QED) is 0.396. The highest BCUT2D eigenvalue weighted by Crippen LogP contribution is 2.42. The van der Waals surface area contributed by atoms with Crippen LogP contribution >= 0.6 is 11.8 Å². The Morgan fingerprint density at radius 1 is 1.73 bits per heavy atom. The van der Waals surface area contributed by atoms with Gasteiger partial charge in [-0.1, -0.05) is 19.9 Å². The zero-order valence-electron chi connectivity index (χ0n) is 7.13. The summed E-state index contributed by atoms with van der Waals surface area (Å²) in [4.78, 5) is 3.98. The van der Waals surface area contributed by atoms with E-state index in [1.54, 1.807) is 11.8 Å². The van der Waals surface area contributed by atoms with E-state index in [-0.39, 0.29) is 0 Å². The third-order valence-electron chi connectivity index (χ3n) is 1.98. The lowest BCUT2D eigenvalue weighted by Crippen LogP contribution is -2.25. The average molecular weight is 174 g/mol. The predicted molar refractivity (Wildman–Crippen MR) is 47.5 cm³/mol. The van der Waals surface area contributed by atoms with E-state index in [9.17, 15) is 0 Å². The number of rotatable bonds is 2. The molecule has 3 heteroatoms. The zero-order valence-corrected chi connectivity index (χ0v) is 7.94. The first-order chi connectivity index (χ1) is 5.10. The molecule has 1 aliphatic rings. The van der Waals surface area contributed by atoms with Crippen LogP contribution in [0.1, 0.15) is 20.8 Å². The van der Waals surface area contributed by atoms with Gasteiger partial charge in [-0.05, 0) is 18.4 Å². The lowest BCUT2D eigenvalue weighted by Gasteiger charge is -2.25. The first-order valence-electron chi connectivity index (χ1n) is 3.77. The summed E-state index contributed by atoms with van der Waals surface area (Å²) in [5.74, 6) is 1.38. The maximum absolute atomic E-state index is 8.68. The number of hydrogen-bond donors (Lipinski definition) is 1. The molecule has 64 valence electrons. The second-order valence-electron chi connectivity index (χ2n) is 3.16. The molecule has 1 unspecified atom stereocenters. The molecule has 0 amide bonds. The second-order valence-corrected chi connectivity index (χ2v) is 4.56. The molecule has 0 aromatic rings. The van der Waals surface area contributed by atoms with E-state index in [1.807, 2.05) is 6.92 Å². The SMILES string of the molecule is CC(C)C1=CCSC1(C)OO. The van der Waals surface area contributed by atoms with Gasteiger partial charge in [0.2, 0.25) is 0 Å². The van der Waals surface area contributed by atoms with Gasteiger partial charge in [0.1, 0.15) is 0 Å². The Bertz CT molecular complexity index is 177. The van der Waals surface area contributed by atoms with Gasteiger partial charge in [-0.15, -0.1) is 11.8 Å². The van der Waals surface area contributed by atoms with Crippen molar-refractivity contribution in [2.45, 2.75) is 25.7 Å². The molecule has 0 saturated carbocycles. The van der Waals surface area contributed by atoms with Crippen molar-refractivity contribution in [3.05, 3.63) is 11.6 Å². The Morgan fingerprint density at radius 2 is 2.36 bits per heavy atom. The standard InChI is InChI=1S/C8H14O2S/c1-6(2)7-4-5-11-8(7,3)10-9/h4,6,9H,5H2,1-3H3. The van der Waals surface area contributed by atoms with E-state index in [0.29, 0.717) is 5.92 Å². The van der Waals surface area contributed by atoms with Crippen LogP contribution in [-0.4, -0.2) is 15.9 Å². The molecule has 0 fully saturated rings. The van der Waals surface area contributed by atoms with Crippen LogP contribution in [0.3, 0.4) is 0 Å². The third kappa shape index (κ3) is 1.60. The summed E-state index contributed by atoms with van der Waals surface area (Å²) < 4.78 is 0. The topological polar surface area (TPSA) is 29.5 Å².